The fraction of sp³-hybridized carbons (Fsp3) is 0.110. The van der Waals surface area contributed by atoms with Crippen LogP contribution in [0, 0.1) is 0 Å². The summed E-state index contributed by atoms with van der Waals surface area (Å²) in [5, 5.41) is 78.4. The zero-order chi connectivity index (χ0) is 95.6. The van der Waals surface area contributed by atoms with E-state index in [0.717, 1.165) is 66.4 Å². The molecule has 12 aromatic rings. The third kappa shape index (κ3) is 23.3. The quantitative estimate of drug-likeness (QED) is 0.0122. The SMILES string of the molecule is C=S(=O)(O)c1cc(O)c2c(N=Nc3ccc(NC)cc3S(=O)(=O)O)c(N)c(S(=O)(=O)O)cc2c1.CCc1ccc(N=Nc2c(N)ccc3cc(S(C)(=O)=O)cc(O)c23)c(S(=O)(=O)O)c1.CCc1ccc2c(O)c(N=Nc3cc(S(=O)(=O)O)ccc3S(=O)(=O)O)c(S(=O)(=O)O)cc2c1.CNc1ccc2c(O)c(N=Nc3ccc(OC)cc3S(=O)(=O)O)c(S(=O)(=O)O)cc2c1. The van der Waals surface area contributed by atoms with Crippen LogP contribution < -0.4 is 26.8 Å². The molecule has 0 aliphatic carbocycles. The zero-order valence-electron chi connectivity index (χ0n) is 66.0. The van der Waals surface area contributed by atoms with Crippen molar-refractivity contribution in [1.82, 2.24) is 0 Å². The molecule has 0 spiro atoms. The number of aromatic hydroxyl groups is 4. The van der Waals surface area contributed by atoms with E-state index in [9.17, 15) is 141 Å². The summed E-state index contributed by atoms with van der Waals surface area (Å²) in [6, 6.07) is 33.0. The Morgan fingerprint density at radius 1 is 0.344 bits per heavy atom. The monoisotopic (exact) mass is 1960 g/mol. The summed E-state index contributed by atoms with van der Waals surface area (Å²) in [5.41, 5.74) is 10.3. The number of methoxy groups -OCH3 is 1. The van der Waals surface area contributed by atoms with Gasteiger partial charge in [-0.25, -0.2) is 12.6 Å². The van der Waals surface area contributed by atoms with Crippen molar-refractivity contribution >= 4 is 218 Å². The molecule has 0 fully saturated rings. The van der Waals surface area contributed by atoms with Crippen molar-refractivity contribution in [2.24, 2.45) is 40.9 Å². The summed E-state index contributed by atoms with van der Waals surface area (Å²) >= 11 is 0. The average molecular weight is 1960 g/mol. The lowest BCUT2D eigenvalue weighted by Gasteiger charge is -2.13. The van der Waals surface area contributed by atoms with Crippen molar-refractivity contribution in [2.45, 2.75) is 75.6 Å². The highest BCUT2D eigenvalue weighted by Crippen LogP contribution is 2.48. The number of benzene rings is 12. The molecular formula is C73H70N12O33S10. The zero-order valence-corrected chi connectivity index (χ0v) is 74.2. The highest BCUT2D eigenvalue weighted by molar-refractivity contribution is 7.95. The van der Waals surface area contributed by atoms with Crippen molar-refractivity contribution in [1.29, 1.82) is 0 Å². The summed E-state index contributed by atoms with van der Waals surface area (Å²) < 4.78 is 314. The van der Waals surface area contributed by atoms with Crippen LogP contribution in [0.3, 0.4) is 0 Å². The van der Waals surface area contributed by atoms with Gasteiger partial charge in [0.05, 0.1) is 43.9 Å². The van der Waals surface area contributed by atoms with Gasteiger partial charge >= 0.3 is 0 Å². The number of nitrogens with two attached hydrogens (primary N) is 2. The first-order valence-corrected chi connectivity index (χ1v) is 50.1. The predicted octanol–water partition coefficient (Wildman–Crippen LogP) is 13.1. The van der Waals surface area contributed by atoms with Gasteiger partial charge in [-0.15, -0.1) is 40.9 Å². The molecule has 128 heavy (non-hydrogen) atoms. The molecule has 0 aliphatic heterocycles. The van der Waals surface area contributed by atoms with Crippen LogP contribution in [-0.2, 0) is 113 Å². The maximum Gasteiger partial charge on any atom is 0.296 e. The van der Waals surface area contributed by atoms with Gasteiger partial charge in [-0.05, 0) is 179 Å². The highest BCUT2D eigenvalue weighted by atomic mass is 32.3. The molecule has 1 unspecified atom stereocenters. The topological polar surface area (TPSA) is 772 Å². The number of fused-ring (bicyclic) bond motifs is 4. The van der Waals surface area contributed by atoms with Crippen LogP contribution in [0.2, 0.25) is 0 Å². The molecule has 0 aromatic heterocycles. The van der Waals surface area contributed by atoms with Crippen molar-refractivity contribution in [3.63, 3.8) is 0 Å². The number of ether oxygens (including phenoxy) is 1. The number of nitrogens with one attached hydrogen (secondary N) is 2. The van der Waals surface area contributed by atoms with Crippen LogP contribution in [0.15, 0.2) is 254 Å². The minimum Gasteiger partial charge on any atom is -0.507 e. The van der Waals surface area contributed by atoms with Crippen molar-refractivity contribution in [3.05, 3.63) is 175 Å². The normalized spacial score (nSPS) is 13.1. The van der Waals surface area contributed by atoms with Gasteiger partial charge in [-0.1, -0.05) is 44.2 Å². The highest BCUT2D eigenvalue weighted by Gasteiger charge is 2.30. The number of azo groups is 4. The number of phenolic OH excluding ortho intramolecular Hbond substituents is 4. The molecule has 1 atom stereocenters. The molecule has 0 amide bonds. The van der Waals surface area contributed by atoms with E-state index in [-0.39, 0.29) is 82.0 Å². The lowest BCUT2D eigenvalue weighted by molar-refractivity contribution is 0.412. The minimum atomic E-state index is -4.96. The second kappa shape index (κ2) is 37.4. The third-order valence-electron chi connectivity index (χ3n) is 18.0. The molecule has 19 N–H and O–H groups in total. The number of nitrogens with zero attached hydrogens (tertiary/aromatic N) is 8. The van der Waals surface area contributed by atoms with E-state index in [1.807, 2.05) is 13.8 Å². The van der Waals surface area contributed by atoms with Crippen LogP contribution in [0.4, 0.5) is 68.2 Å². The summed E-state index contributed by atoms with van der Waals surface area (Å²) in [7, 11) is -41.5. The van der Waals surface area contributed by atoms with E-state index >= 15 is 0 Å². The number of rotatable bonds is 23. The van der Waals surface area contributed by atoms with Crippen molar-refractivity contribution < 1.29 is 146 Å². The second-order valence-electron chi connectivity index (χ2n) is 26.5. The number of phenols is 4. The van der Waals surface area contributed by atoms with E-state index in [1.165, 1.54) is 74.8 Å². The first-order valence-electron chi connectivity index (χ1n) is 35.0. The Balaban J connectivity index is 0.000000193. The average Bonchev–Trinajstić information content (AvgIpc) is 0.752. The molecular weight excluding hydrogens is 1890 g/mol. The molecule has 12 rings (SSSR count). The van der Waals surface area contributed by atoms with Gasteiger partial charge in [0.1, 0.15) is 107 Å². The Morgan fingerprint density at radius 2 is 0.742 bits per heavy atom. The number of anilines is 4. The molecule has 12 aromatic carbocycles. The smallest absolute Gasteiger partial charge is 0.296 e. The maximum absolute atomic E-state index is 11.9. The van der Waals surface area contributed by atoms with E-state index in [2.05, 4.69) is 57.4 Å². The van der Waals surface area contributed by atoms with Crippen molar-refractivity contribution in [2.75, 3.05) is 49.6 Å². The van der Waals surface area contributed by atoms with Gasteiger partial charge in [0.15, 0.2) is 21.3 Å². The van der Waals surface area contributed by atoms with Crippen LogP contribution in [-0.4, -0.2) is 175 Å². The summed E-state index contributed by atoms with van der Waals surface area (Å²) in [6.45, 7) is 3.68. The maximum atomic E-state index is 11.9. The molecule has 0 aliphatic rings. The number of nitrogen functional groups attached to an aromatic ring is 2. The molecule has 680 valence electrons. The predicted molar refractivity (Wildman–Crippen MR) is 466 cm³/mol. The largest absolute Gasteiger partial charge is 0.507 e. The number of hydrogen-bond acceptors (Lipinski definition) is 36. The molecule has 0 heterocycles. The minimum absolute atomic E-state index is 0.0332. The lowest BCUT2D eigenvalue weighted by Crippen LogP contribution is -2.04. The lowest BCUT2D eigenvalue weighted by atomic mass is 10.0. The Bertz CT molecular complexity index is 7990. The number of sulfone groups is 1. The van der Waals surface area contributed by atoms with Crippen LogP contribution in [0.1, 0.15) is 25.0 Å². The van der Waals surface area contributed by atoms with Gasteiger partial charge in [0, 0.05) is 48.6 Å². The van der Waals surface area contributed by atoms with Gasteiger partial charge in [0.2, 0.25) is 0 Å². The fourth-order valence-electron chi connectivity index (χ4n) is 11.7. The molecule has 0 saturated heterocycles. The molecule has 0 radical (unpaired) electrons. The van der Waals surface area contributed by atoms with Gasteiger partial charge in [0.25, 0.3) is 80.9 Å². The van der Waals surface area contributed by atoms with Crippen LogP contribution in [0.25, 0.3) is 43.1 Å². The van der Waals surface area contributed by atoms with E-state index in [4.69, 9.17) is 16.2 Å². The van der Waals surface area contributed by atoms with E-state index < -0.39 is 185 Å². The Labute approximate surface area is 728 Å². The summed E-state index contributed by atoms with van der Waals surface area (Å²) in [6.07, 6.45) is 2.16. The van der Waals surface area contributed by atoms with Crippen molar-refractivity contribution in [3.8, 4) is 28.7 Å². The fourth-order valence-corrected chi connectivity index (χ4v) is 18.0. The van der Waals surface area contributed by atoms with Crippen LogP contribution in [0.5, 0.6) is 28.7 Å². The standard InChI is InChI=1S/C19H19N3O6S2.C18H18N4O9S3.C18H17N3O8S2.C18H16N2O10S3/c1-3-11-4-7-15(17(8-11)30(26,27)28)21-22-19-14(20)6-5-12-9-13(29(2,24)25)10-16(23)18(12)19;1-20-10-3-4-12(14(7-10)33(26,27)28)21-22-18-16-9(6-15(17(18)19)34(29,30)31)5-11(8-13(16)23)32(2,24)25;1-19-11-3-5-13-10(7-11)8-16(31(26,27)28)17(18(13)22)21-20-14-6-4-12(29-2)9-15(14)30(23,24)25;1-2-10-3-5-13-11(7-10)8-16(33(28,29)30)17(18(13)21)20-19-14-9-12(31(22,23)24)4-6-15(14)32(25,26)27/h4-10,23H,3,20H2,1-2H3,(H,26,27,28);3-8,20,23H,2,19H2,1H3,(H,24,25)(H,26,27,28)(H,29,30,31);3-9,19,22H,1-2H3,(H,23,24,25)(H,26,27,28);3-9,21H,2H2,1H3,(H,22,23,24)(H,25,26,27)(H,28,29,30). The molecule has 0 bridgehead atoms. The molecule has 0 saturated carbocycles. The number of hydrogen-bond donors (Lipinski definition) is 17. The summed E-state index contributed by atoms with van der Waals surface area (Å²) in [5.74, 6) is 0.848. The third-order valence-corrected chi connectivity index (χ3v) is 27.0. The van der Waals surface area contributed by atoms with E-state index in [0.29, 0.717) is 58.8 Å². The Morgan fingerprint density at radius 3 is 1.22 bits per heavy atom. The number of aryl methyl sites for hydroxylation is 2. The van der Waals surface area contributed by atoms with Gasteiger partial charge in [-0.3, -0.25) is 36.4 Å². The molecule has 45 nitrogen and oxygen atoms in total. The Kier molecular flexibility index (Phi) is 29.0. The Hall–Kier alpha value is -12.5. The molecule has 55 heteroatoms. The first kappa shape index (κ1) is 99.3. The van der Waals surface area contributed by atoms with E-state index in [1.54, 1.807) is 37.4 Å². The van der Waals surface area contributed by atoms with Crippen LogP contribution >= 0.6 is 0 Å². The summed E-state index contributed by atoms with van der Waals surface area (Å²) in [4.78, 5) is -6.29. The second-order valence-corrected chi connectivity index (χ2v) is 41.4. The van der Waals surface area contributed by atoms with Gasteiger partial charge < -0.3 is 51.8 Å². The van der Waals surface area contributed by atoms with Gasteiger partial charge in [-0.2, -0.15) is 67.3 Å². The first-order chi connectivity index (χ1) is 59.0.